The summed E-state index contributed by atoms with van der Waals surface area (Å²) in [5.41, 5.74) is -0.472. The molecule has 0 radical (unpaired) electrons. The van der Waals surface area contributed by atoms with Gasteiger partial charge in [-0.1, -0.05) is 0 Å². The monoisotopic (exact) mass is 254 g/mol. The van der Waals surface area contributed by atoms with Crippen LogP contribution in [-0.4, -0.2) is 0 Å². The van der Waals surface area contributed by atoms with E-state index in [4.69, 9.17) is 0 Å². The topological polar surface area (TPSA) is 24.7 Å². The van der Waals surface area contributed by atoms with Gasteiger partial charge in [0.15, 0.2) is 11.6 Å². The summed E-state index contributed by atoms with van der Waals surface area (Å²) in [5.74, 6) is -3.33. The summed E-state index contributed by atoms with van der Waals surface area (Å²) >= 11 is 0. The smallest absolute Gasteiger partial charge is 0.153 e. The Bertz CT molecular complexity index is 558. The number of hydrogen-bond acceptors (Lipinski definition) is 2. The predicted octanol–water partition coefficient (Wildman–Crippen LogP) is 4.66. The van der Waals surface area contributed by atoms with E-state index in [2.05, 4.69) is 10.2 Å². The maximum atomic E-state index is 13.2. The van der Waals surface area contributed by atoms with Crippen molar-refractivity contribution in [2.45, 2.75) is 0 Å². The second kappa shape index (κ2) is 4.95. The first-order valence-corrected chi connectivity index (χ1v) is 4.88. The molecule has 92 valence electrons. The molecule has 0 atom stereocenters. The van der Waals surface area contributed by atoms with Crippen LogP contribution < -0.4 is 0 Å². The summed E-state index contributed by atoms with van der Waals surface area (Å²) in [5, 5.41) is 6.86. The van der Waals surface area contributed by atoms with Crippen molar-refractivity contribution in [2.75, 3.05) is 0 Å². The maximum Gasteiger partial charge on any atom is 0.153 e. The Kier molecular flexibility index (Phi) is 3.36. The average Bonchev–Trinajstić information content (AvgIpc) is 2.30. The number of hydrogen-bond donors (Lipinski definition) is 0. The number of nitrogens with zero attached hydrogens (tertiary/aromatic N) is 2. The van der Waals surface area contributed by atoms with Gasteiger partial charge in [0.1, 0.15) is 23.0 Å². The maximum absolute atomic E-state index is 13.2. The molecule has 0 heterocycles. The van der Waals surface area contributed by atoms with Crippen LogP contribution in [0.5, 0.6) is 0 Å². The fourth-order valence-electron chi connectivity index (χ4n) is 1.23. The molecular weight excluding hydrogens is 248 g/mol. The van der Waals surface area contributed by atoms with Gasteiger partial charge in [0.2, 0.25) is 0 Å². The number of halogens is 4. The summed E-state index contributed by atoms with van der Waals surface area (Å²) in [6.45, 7) is 0. The molecule has 18 heavy (non-hydrogen) atoms. The first kappa shape index (κ1) is 12.2. The van der Waals surface area contributed by atoms with Crippen molar-refractivity contribution in [3.63, 3.8) is 0 Å². The molecular formula is C12H6F4N2. The Morgan fingerprint density at radius 2 is 1.00 bits per heavy atom. The molecule has 0 amide bonds. The van der Waals surface area contributed by atoms with Crippen molar-refractivity contribution in [2.24, 2.45) is 10.2 Å². The Hall–Kier alpha value is -2.24. The van der Waals surface area contributed by atoms with Crippen LogP contribution >= 0.6 is 0 Å². The molecule has 0 aromatic heterocycles. The van der Waals surface area contributed by atoms with Crippen molar-refractivity contribution in [3.8, 4) is 0 Å². The zero-order valence-corrected chi connectivity index (χ0v) is 8.87. The second-order valence-electron chi connectivity index (χ2n) is 3.39. The fraction of sp³-hybridized carbons (Fsp3) is 0. The third-order valence-electron chi connectivity index (χ3n) is 2.08. The van der Waals surface area contributed by atoms with Crippen molar-refractivity contribution in [1.82, 2.24) is 0 Å². The van der Waals surface area contributed by atoms with E-state index in [1.807, 2.05) is 0 Å². The van der Waals surface area contributed by atoms with Gasteiger partial charge in [-0.25, -0.2) is 17.6 Å². The van der Waals surface area contributed by atoms with Crippen molar-refractivity contribution in [1.29, 1.82) is 0 Å². The lowest BCUT2D eigenvalue weighted by molar-refractivity contribution is 0.580. The van der Waals surface area contributed by atoms with E-state index in [1.165, 1.54) is 0 Å². The third-order valence-corrected chi connectivity index (χ3v) is 2.08. The molecule has 0 bridgehead atoms. The molecule has 0 saturated heterocycles. The Morgan fingerprint density at radius 3 is 1.33 bits per heavy atom. The van der Waals surface area contributed by atoms with Gasteiger partial charge < -0.3 is 0 Å². The van der Waals surface area contributed by atoms with Gasteiger partial charge in [0, 0.05) is 12.1 Å². The normalized spacial score (nSPS) is 11.1. The van der Waals surface area contributed by atoms with E-state index < -0.39 is 23.3 Å². The highest BCUT2D eigenvalue weighted by atomic mass is 19.1. The first-order valence-electron chi connectivity index (χ1n) is 4.88. The average molecular weight is 254 g/mol. The SMILES string of the molecule is Fc1ccc(N=Nc2ccc(F)cc2F)c(F)c1. The lowest BCUT2D eigenvalue weighted by Gasteiger charge is -1.97. The van der Waals surface area contributed by atoms with Gasteiger partial charge in [-0.3, -0.25) is 0 Å². The quantitative estimate of drug-likeness (QED) is 0.550. The van der Waals surface area contributed by atoms with Crippen LogP contribution in [0.3, 0.4) is 0 Å². The Balaban J connectivity index is 2.30. The molecule has 0 fully saturated rings. The molecule has 0 spiro atoms. The van der Waals surface area contributed by atoms with Crippen molar-refractivity contribution in [3.05, 3.63) is 59.7 Å². The van der Waals surface area contributed by atoms with Crippen molar-refractivity contribution >= 4 is 11.4 Å². The zero-order valence-electron chi connectivity index (χ0n) is 8.87. The van der Waals surface area contributed by atoms with Crippen LogP contribution in [-0.2, 0) is 0 Å². The van der Waals surface area contributed by atoms with Gasteiger partial charge >= 0.3 is 0 Å². The van der Waals surface area contributed by atoms with Crippen LogP contribution in [0.2, 0.25) is 0 Å². The minimum atomic E-state index is -0.915. The molecule has 2 nitrogen and oxygen atoms in total. The molecule has 0 aliphatic heterocycles. The van der Waals surface area contributed by atoms with Crippen LogP contribution in [0.25, 0.3) is 0 Å². The number of azo groups is 1. The fourth-order valence-corrected chi connectivity index (χ4v) is 1.23. The van der Waals surface area contributed by atoms with E-state index in [0.717, 1.165) is 24.3 Å². The van der Waals surface area contributed by atoms with Crippen LogP contribution in [0.15, 0.2) is 46.6 Å². The number of rotatable bonds is 2. The molecule has 2 rings (SSSR count). The Labute approximate surface area is 99.6 Å². The van der Waals surface area contributed by atoms with Crippen LogP contribution in [0.4, 0.5) is 28.9 Å². The summed E-state index contributed by atoms with van der Waals surface area (Å²) in [7, 11) is 0. The van der Waals surface area contributed by atoms with Gasteiger partial charge in [0.25, 0.3) is 0 Å². The molecule has 0 N–H and O–H groups in total. The van der Waals surface area contributed by atoms with Crippen LogP contribution in [0, 0.1) is 23.3 Å². The minimum absolute atomic E-state index is 0.236. The molecule has 0 saturated carbocycles. The van der Waals surface area contributed by atoms with Gasteiger partial charge in [-0.15, -0.1) is 10.2 Å². The minimum Gasteiger partial charge on any atom is -0.207 e. The second-order valence-corrected chi connectivity index (χ2v) is 3.39. The molecule has 0 aliphatic carbocycles. The van der Waals surface area contributed by atoms with E-state index in [-0.39, 0.29) is 11.4 Å². The van der Waals surface area contributed by atoms with E-state index in [0.29, 0.717) is 12.1 Å². The molecule has 6 heteroatoms. The lowest BCUT2D eigenvalue weighted by Crippen LogP contribution is -1.80. The van der Waals surface area contributed by atoms with E-state index >= 15 is 0 Å². The third kappa shape index (κ3) is 2.71. The van der Waals surface area contributed by atoms with Gasteiger partial charge in [-0.05, 0) is 24.3 Å². The summed E-state index contributed by atoms with van der Waals surface area (Å²) in [4.78, 5) is 0. The molecule has 0 aliphatic rings. The first-order chi connectivity index (χ1) is 8.56. The molecule has 2 aromatic carbocycles. The van der Waals surface area contributed by atoms with Crippen molar-refractivity contribution < 1.29 is 17.6 Å². The predicted molar refractivity (Wildman–Crippen MR) is 56.9 cm³/mol. The lowest BCUT2D eigenvalue weighted by atomic mass is 10.3. The zero-order chi connectivity index (χ0) is 13.1. The highest BCUT2D eigenvalue weighted by molar-refractivity contribution is 5.41. The molecule has 0 unspecified atom stereocenters. The van der Waals surface area contributed by atoms with Gasteiger partial charge in [-0.2, -0.15) is 0 Å². The summed E-state index contributed by atoms with van der Waals surface area (Å²) < 4.78 is 51.6. The molecule has 2 aromatic rings. The number of benzene rings is 2. The Morgan fingerprint density at radius 1 is 0.611 bits per heavy atom. The highest BCUT2D eigenvalue weighted by Gasteiger charge is 2.05. The largest absolute Gasteiger partial charge is 0.207 e. The summed E-state index contributed by atoms with van der Waals surface area (Å²) in [6.07, 6.45) is 0. The standard InChI is InChI=1S/C12H6F4N2/c13-7-1-3-11(9(15)5-7)17-18-12-4-2-8(14)6-10(12)16/h1-6H. The van der Waals surface area contributed by atoms with Crippen LogP contribution in [0.1, 0.15) is 0 Å². The van der Waals surface area contributed by atoms with Gasteiger partial charge in [0.05, 0.1) is 0 Å². The van der Waals surface area contributed by atoms with E-state index in [1.54, 1.807) is 0 Å². The highest BCUT2D eigenvalue weighted by Crippen LogP contribution is 2.24. The summed E-state index contributed by atoms with van der Waals surface area (Å²) in [6, 6.07) is 5.40. The van der Waals surface area contributed by atoms with E-state index in [9.17, 15) is 17.6 Å².